The molecule has 7 nitrogen and oxygen atoms in total. The van der Waals surface area contributed by atoms with Crippen molar-refractivity contribution >= 4 is 23.7 Å². The molecular weight excluding hydrogens is 436 g/mol. The number of Topliss-reactive ketones (excluding diaryl/α,β-unsaturated/α-hetero) is 1. The van der Waals surface area contributed by atoms with E-state index in [1.165, 1.54) is 26.3 Å². The first kappa shape index (κ1) is 24.9. The Morgan fingerprint density at radius 1 is 0.912 bits per heavy atom. The Labute approximate surface area is 202 Å². The monoisotopic (exact) mass is 474 g/mol. The van der Waals surface area contributed by atoms with Gasteiger partial charge in [-0.2, -0.15) is 0 Å². The summed E-state index contributed by atoms with van der Waals surface area (Å²) in [6, 6.07) is 0. The molecule has 0 heterocycles. The Hall–Kier alpha value is -2.18. The van der Waals surface area contributed by atoms with E-state index in [4.69, 9.17) is 14.2 Å². The fraction of sp³-hybridized carbons (Fsp3) is 0.778. The highest BCUT2D eigenvalue weighted by Crippen LogP contribution is 2.68. The zero-order valence-electron chi connectivity index (χ0n) is 21.1. The van der Waals surface area contributed by atoms with Crippen molar-refractivity contribution in [3.63, 3.8) is 0 Å². The number of fused-ring (bicyclic) bond motifs is 5. The maximum Gasteiger partial charge on any atom is 0.303 e. The highest BCUT2D eigenvalue weighted by molar-refractivity contribution is 5.93. The van der Waals surface area contributed by atoms with Crippen molar-refractivity contribution in [3.05, 3.63) is 11.6 Å². The molecule has 0 N–H and O–H groups in total. The van der Waals surface area contributed by atoms with Crippen LogP contribution in [0.5, 0.6) is 0 Å². The third-order valence-corrected chi connectivity index (χ3v) is 9.69. The summed E-state index contributed by atoms with van der Waals surface area (Å²) >= 11 is 0. The standard InChI is InChI=1S/C27H38O7/c1-16(28)32-15-24(31)27(34-18(3)30)13-10-23-21-7-6-19-14-20(33-17(2)29)8-11-25(19,4)22(21)9-12-26(23,27)5/h6,20-23H,7-15H2,1-5H3/t20-,21-,22-,23+,25-,26-,27-/m0/s1. The van der Waals surface area contributed by atoms with Crippen LogP contribution in [0.15, 0.2) is 11.6 Å². The van der Waals surface area contributed by atoms with Crippen LogP contribution < -0.4 is 0 Å². The van der Waals surface area contributed by atoms with Crippen molar-refractivity contribution in [1.29, 1.82) is 0 Å². The molecule has 7 heteroatoms. The van der Waals surface area contributed by atoms with Gasteiger partial charge in [-0.15, -0.1) is 0 Å². The predicted octanol–water partition coefficient (Wildman–Crippen LogP) is 4.32. The van der Waals surface area contributed by atoms with Crippen molar-refractivity contribution < 1.29 is 33.4 Å². The lowest BCUT2D eigenvalue weighted by Crippen LogP contribution is -2.59. The molecule has 0 saturated heterocycles. The molecule has 0 aromatic heterocycles. The minimum Gasteiger partial charge on any atom is -0.462 e. The van der Waals surface area contributed by atoms with Crippen LogP contribution in [0.3, 0.4) is 0 Å². The van der Waals surface area contributed by atoms with Crippen molar-refractivity contribution in [2.45, 2.75) is 97.7 Å². The molecule has 0 aliphatic heterocycles. The maximum atomic E-state index is 13.4. The zero-order chi connectivity index (χ0) is 24.9. The number of ketones is 1. The molecule has 188 valence electrons. The van der Waals surface area contributed by atoms with Crippen LogP contribution in [0, 0.1) is 28.6 Å². The highest BCUT2D eigenvalue weighted by Gasteiger charge is 2.68. The maximum absolute atomic E-state index is 13.4. The summed E-state index contributed by atoms with van der Waals surface area (Å²) in [5, 5.41) is 0. The molecule has 4 aliphatic rings. The zero-order valence-corrected chi connectivity index (χ0v) is 21.1. The normalized spacial score (nSPS) is 40.7. The molecule has 0 aromatic carbocycles. The molecule has 4 rings (SSSR count). The van der Waals surface area contributed by atoms with Gasteiger partial charge in [0.15, 0.2) is 12.2 Å². The van der Waals surface area contributed by atoms with E-state index in [0.717, 1.165) is 44.9 Å². The van der Waals surface area contributed by atoms with Gasteiger partial charge in [0.1, 0.15) is 6.10 Å². The minimum absolute atomic E-state index is 0.0378. The van der Waals surface area contributed by atoms with Gasteiger partial charge in [0.05, 0.1) is 0 Å². The van der Waals surface area contributed by atoms with Crippen LogP contribution in [-0.4, -0.2) is 42.0 Å². The second kappa shape index (κ2) is 8.80. The first-order valence-corrected chi connectivity index (χ1v) is 12.7. The van der Waals surface area contributed by atoms with Crippen LogP contribution in [-0.2, 0) is 33.4 Å². The molecule has 0 unspecified atom stereocenters. The summed E-state index contributed by atoms with van der Waals surface area (Å²) in [5.41, 5.74) is -0.268. The molecule has 0 amide bonds. The SMILES string of the molecule is CC(=O)OCC(=O)[C@@]1(OC(C)=O)CC[C@@H]2[C@H]3CC=C4C[C@@H](OC(C)=O)CC[C@]4(C)[C@H]3CC[C@@]21C. The Bertz CT molecular complexity index is 922. The van der Waals surface area contributed by atoms with Gasteiger partial charge in [-0.25, -0.2) is 0 Å². The minimum atomic E-state index is -1.25. The van der Waals surface area contributed by atoms with Crippen molar-refractivity contribution in [1.82, 2.24) is 0 Å². The fourth-order valence-electron chi connectivity index (χ4n) is 8.17. The Morgan fingerprint density at radius 3 is 2.26 bits per heavy atom. The number of carbonyl (C=O) groups is 4. The molecule has 3 fully saturated rings. The highest BCUT2D eigenvalue weighted by atomic mass is 16.6. The van der Waals surface area contributed by atoms with E-state index < -0.39 is 23.0 Å². The molecule has 34 heavy (non-hydrogen) atoms. The molecule has 7 atom stereocenters. The Balaban J connectivity index is 1.62. The molecule has 0 radical (unpaired) electrons. The van der Waals surface area contributed by atoms with Gasteiger partial charge in [-0.05, 0) is 68.1 Å². The van der Waals surface area contributed by atoms with Gasteiger partial charge in [0.2, 0.25) is 5.78 Å². The molecule has 4 aliphatic carbocycles. The first-order valence-electron chi connectivity index (χ1n) is 12.7. The largest absolute Gasteiger partial charge is 0.462 e. The van der Waals surface area contributed by atoms with E-state index in [9.17, 15) is 19.2 Å². The van der Waals surface area contributed by atoms with Gasteiger partial charge in [-0.1, -0.05) is 25.5 Å². The summed E-state index contributed by atoms with van der Waals surface area (Å²) < 4.78 is 16.5. The van der Waals surface area contributed by atoms with Crippen LogP contribution in [0.4, 0.5) is 0 Å². The lowest BCUT2D eigenvalue weighted by Gasteiger charge is -2.59. The molecule has 0 bridgehead atoms. The summed E-state index contributed by atoms with van der Waals surface area (Å²) in [6.07, 6.45) is 8.93. The lowest BCUT2D eigenvalue weighted by atomic mass is 9.46. The second-order valence-electron chi connectivity index (χ2n) is 11.4. The van der Waals surface area contributed by atoms with Crippen LogP contribution in [0.25, 0.3) is 0 Å². The van der Waals surface area contributed by atoms with Gasteiger partial charge >= 0.3 is 17.9 Å². The smallest absolute Gasteiger partial charge is 0.303 e. The number of ether oxygens (including phenoxy) is 3. The average Bonchev–Trinajstić information content (AvgIpc) is 3.04. The number of allylic oxidation sites excluding steroid dienone is 1. The average molecular weight is 475 g/mol. The van der Waals surface area contributed by atoms with Crippen LogP contribution in [0.1, 0.15) is 86.0 Å². The molecule has 0 aromatic rings. The number of carbonyl (C=O) groups excluding carboxylic acids is 4. The number of rotatable bonds is 5. The summed E-state index contributed by atoms with van der Waals surface area (Å²) in [4.78, 5) is 48.5. The third-order valence-electron chi connectivity index (χ3n) is 9.69. The van der Waals surface area contributed by atoms with E-state index in [-0.39, 0.29) is 35.8 Å². The van der Waals surface area contributed by atoms with E-state index in [1.807, 2.05) is 0 Å². The molecular formula is C27H38O7. The summed E-state index contributed by atoms with van der Waals surface area (Å²) in [5.74, 6) is -0.382. The topological polar surface area (TPSA) is 96.0 Å². The number of hydrogen-bond donors (Lipinski definition) is 0. The summed E-state index contributed by atoms with van der Waals surface area (Å²) in [6.45, 7) is 8.20. The van der Waals surface area contributed by atoms with Crippen LogP contribution >= 0.6 is 0 Å². The van der Waals surface area contributed by atoms with Crippen LogP contribution in [0.2, 0.25) is 0 Å². The summed E-state index contributed by atoms with van der Waals surface area (Å²) in [7, 11) is 0. The van der Waals surface area contributed by atoms with Crippen molar-refractivity contribution in [3.8, 4) is 0 Å². The van der Waals surface area contributed by atoms with Gasteiger partial charge in [0.25, 0.3) is 0 Å². The van der Waals surface area contributed by atoms with Crippen molar-refractivity contribution in [2.24, 2.45) is 28.6 Å². The molecule has 0 spiro atoms. The predicted molar refractivity (Wildman–Crippen MR) is 123 cm³/mol. The number of esters is 3. The third kappa shape index (κ3) is 3.89. The number of hydrogen-bond acceptors (Lipinski definition) is 7. The second-order valence-corrected chi connectivity index (χ2v) is 11.4. The van der Waals surface area contributed by atoms with E-state index in [1.54, 1.807) is 0 Å². The lowest BCUT2D eigenvalue weighted by molar-refractivity contribution is -0.190. The van der Waals surface area contributed by atoms with Gasteiger partial charge in [-0.3, -0.25) is 19.2 Å². The van der Waals surface area contributed by atoms with Gasteiger partial charge in [0, 0.05) is 32.6 Å². The van der Waals surface area contributed by atoms with E-state index in [2.05, 4.69) is 19.9 Å². The quantitative estimate of drug-likeness (QED) is 0.333. The molecule has 3 saturated carbocycles. The van der Waals surface area contributed by atoms with Gasteiger partial charge < -0.3 is 14.2 Å². The fourth-order valence-corrected chi connectivity index (χ4v) is 8.17. The Kier molecular flexibility index (Phi) is 6.45. The van der Waals surface area contributed by atoms with E-state index in [0.29, 0.717) is 18.3 Å². The first-order chi connectivity index (χ1) is 15.9. The van der Waals surface area contributed by atoms with E-state index >= 15 is 0 Å². The Morgan fingerprint density at radius 2 is 1.62 bits per heavy atom. The van der Waals surface area contributed by atoms with Crippen molar-refractivity contribution in [2.75, 3.05) is 6.61 Å².